The Balaban J connectivity index is 3.12. The number of ether oxygens (including phenoxy) is 1. The van der Waals surface area contributed by atoms with Crippen LogP contribution in [0.3, 0.4) is 0 Å². The summed E-state index contributed by atoms with van der Waals surface area (Å²) in [6.45, 7) is 1.84. The molecule has 0 aliphatic carbocycles. The second-order valence-corrected chi connectivity index (χ2v) is 3.53. The number of thiophene rings is 1. The Morgan fingerprint density at radius 1 is 1.67 bits per heavy atom. The molecule has 0 bridgehead atoms. The van der Waals surface area contributed by atoms with Crippen molar-refractivity contribution in [1.82, 2.24) is 0 Å². The molecule has 0 atom stereocenters. The number of aryl methyl sites for hydroxylation is 1. The Bertz CT molecular complexity index is 314. The minimum Gasteiger partial charge on any atom is -0.465 e. The van der Waals surface area contributed by atoms with E-state index in [4.69, 9.17) is 0 Å². The second-order valence-electron chi connectivity index (χ2n) is 2.24. The minimum absolute atomic E-state index is 0.356. The topological polar surface area (TPSA) is 43.4 Å². The molecule has 0 aliphatic heterocycles. The molecule has 1 aromatic heterocycles. The van der Waals surface area contributed by atoms with Gasteiger partial charge in [0.05, 0.1) is 17.6 Å². The molecule has 1 rings (SSSR count). The third-order valence-corrected chi connectivity index (χ3v) is 2.37. The molecule has 0 aliphatic rings. The van der Waals surface area contributed by atoms with Crippen LogP contribution in [0.25, 0.3) is 0 Å². The van der Waals surface area contributed by atoms with Crippen LogP contribution in [0.2, 0.25) is 0 Å². The highest BCUT2D eigenvalue weighted by molar-refractivity contribution is 7.14. The van der Waals surface area contributed by atoms with Crippen LogP contribution in [0.4, 0.5) is 0 Å². The Morgan fingerprint density at radius 2 is 2.33 bits per heavy atom. The second kappa shape index (κ2) is 3.49. The summed E-state index contributed by atoms with van der Waals surface area (Å²) in [6.07, 6.45) is 0.671. The molecule has 0 fully saturated rings. The Labute approximate surface area is 74.0 Å². The zero-order chi connectivity index (χ0) is 9.14. The van der Waals surface area contributed by atoms with Gasteiger partial charge in [-0.1, -0.05) is 0 Å². The summed E-state index contributed by atoms with van der Waals surface area (Å²) in [5.41, 5.74) is 0.356. The quantitative estimate of drug-likeness (QED) is 0.518. The monoisotopic (exact) mass is 184 g/mol. The van der Waals surface area contributed by atoms with Gasteiger partial charge in [-0.2, -0.15) is 0 Å². The number of hydrogen-bond acceptors (Lipinski definition) is 4. The van der Waals surface area contributed by atoms with Gasteiger partial charge in [-0.3, -0.25) is 4.79 Å². The highest BCUT2D eigenvalue weighted by Crippen LogP contribution is 2.20. The smallest absolute Gasteiger partial charge is 0.339 e. The summed E-state index contributed by atoms with van der Waals surface area (Å²) in [7, 11) is 1.30. The van der Waals surface area contributed by atoms with E-state index >= 15 is 0 Å². The van der Waals surface area contributed by atoms with Crippen LogP contribution in [0, 0.1) is 6.92 Å². The number of aldehydes is 1. The van der Waals surface area contributed by atoms with Crippen LogP contribution in [0.1, 0.15) is 24.9 Å². The Hall–Kier alpha value is -1.16. The van der Waals surface area contributed by atoms with E-state index in [2.05, 4.69) is 4.74 Å². The van der Waals surface area contributed by atoms with E-state index in [1.807, 2.05) is 6.92 Å². The fourth-order valence-corrected chi connectivity index (χ4v) is 1.71. The van der Waals surface area contributed by atoms with Gasteiger partial charge in [-0.15, -0.1) is 11.3 Å². The van der Waals surface area contributed by atoms with Crippen molar-refractivity contribution in [2.75, 3.05) is 7.11 Å². The van der Waals surface area contributed by atoms with E-state index in [0.29, 0.717) is 16.7 Å². The van der Waals surface area contributed by atoms with Crippen molar-refractivity contribution in [3.8, 4) is 0 Å². The van der Waals surface area contributed by atoms with Gasteiger partial charge in [-0.05, 0) is 13.0 Å². The summed E-state index contributed by atoms with van der Waals surface area (Å²) in [6, 6.07) is 1.65. The molecular formula is C8H8O3S. The van der Waals surface area contributed by atoms with Crippen molar-refractivity contribution in [2.45, 2.75) is 6.92 Å². The molecule has 0 amide bonds. The largest absolute Gasteiger partial charge is 0.465 e. The van der Waals surface area contributed by atoms with Crippen LogP contribution in [0.15, 0.2) is 6.07 Å². The maximum atomic E-state index is 11.0. The molecule has 0 saturated heterocycles. The number of carbonyl (C=O) groups is 2. The van der Waals surface area contributed by atoms with Crippen LogP contribution >= 0.6 is 11.3 Å². The maximum Gasteiger partial charge on any atom is 0.339 e. The van der Waals surface area contributed by atoms with Gasteiger partial charge in [0.1, 0.15) is 0 Å². The summed E-state index contributed by atoms with van der Waals surface area (Å²) >= 11 is 1.29. The first-order valence-corrected chi connectivity index (χ1v) is 4.14. The lowest BCUT2D eigenvalue weighted by atomic mass is 10.2. The third kappa shape index (κ3) is 1.53. The SMILES string of the molecule is COC(=O)c1cc(C)sc1C=O. The van der Waals surface area contributed by atoms with Crippen LogP contribution in [-0.2, 0) is 4.74 Å². The van der Waals surface area contributed by atoms with Crippen LogP contribution in [-0.4, -0.2) is 19.4 Å². The van der Waals surface area contributed by atoms with Crippen molar-refractivity contribution in [1.29, 1.82) is 0 Å². The van der Waals surface area contributed by atoms with E-state index in [-0.39, 0.29) is 0 Å². The van der Waals surface area contributed by atoms with Gasteiger partial charge in [0.25, 0.3) is 0 Å². The zero-order valence-electron chi connectivity index (χ0n) is 6.79. The van der Waals surface area contributed by atoms with Crippen molar-refractivity contribution in [3.05, 3.63) is 21.4 Å². The molecule has 4 heteroatoms. The first-order valence-electron chi connectivity index (χ1n) is 3.33. The molecule has 0 unspecified atom stereocenters. The van der Waals surface area contributed by atoms with E-state index in [0.717, 1.165) is 4.88 Å². The third-order valence-electron chi connectivity index (χ3n) is 1.40. The van der Waals surface area contributed by atoms with Crippen molar-refractivity contribution >= 4 is 23.6 Å². The van der Waals surface area contributed by atoms with Crippen LogP contribution < -0.4 is 0 Å². The minimum atomic E-state index is -0.457. The van der Waals surface area contributed by atoms with Crippen molar-refractivity contribution < 1.29 is 14.3 Å². The number of hydrogen-bond donors (Lipinski definition) is 0. The highest BCUT2D eigenvalue weighted by Gasteiger charge is 2.13. The van der Waals surface area contributed by atoms with Gasteiger partial charge < -0.3 is 4.74 Å². The van der Waals surface area contributed by atoms with Crippen molar-refractivity contribution in [2.24, 2.45) is 0 Å². The molecule has 64 valence electrons. The number of rotatable bonds is 2. The van der Waals surface area contributed by atoms with E-state index in [9.17, 15) is 9.59 Å². The number of esters is 1. The van der Waals surface area contributed by atoms with Crippen LogP contribution in [0.5, 0.6) is 0 Å². The molecule has 0 radical (unpaired) electrons. The molecule has 0 aromatic carbocycles. The molecule has 0 spiro atoms. The lowest BCUT2D eigenvalue weighted by molar-refractivity contribution is 0.0599. The van der Waals surface area contributed by atoms with Gasteiger partial charge in [0, 0.05) is 4.88 Å². The number of carbonyl (C=O) groups excluding carboxylic acids is 2. The van der Waals surface area contributed by atoms with E-state index in [1.165, 1.54) is 18.4 Å². The highest BCUT2D eigenvalue weighted by atomic mass is 32.1. The normalized spacial score (nSPS) is 9.50. The molecule has 3 nitrogen and oxygen atoms in total. The molecular weight excluding hydrogens is 176 g/mol. The van der Waals surface area contributed by atoms with Gasteiger partial charge in [0.2, 0.25) is 0 Å². The maximum absolute atomic E-state index is 11.0. The molecule has 1 aromatic rings. The lowest BCUT2D eigenvalue weighted by Gasteiger charge is -1.94. The average molecular weight is 184 g/mol. The molecule has 0 saturated carbocycles. The Morgan fingerprint density at radius 3 is 2.83 bits per heavy atom. The van der Waals surface area contributed by atoms with Gasteiger partial charge in [-0.25, -0.2) is 4.79 Å². The van der Waals surface area contributed by atoms with Crippen molar-refractivity contribution in [3.63, 3.8) is 0 Å². The lowest BCUT2D eigenvalue weighted by Crippen LogP contribution is -2.01. The summed E-state index contributed by atoms with van der Waals surface area (Å²) in [5, 5.41) is 0. The predicted molar refractivity (Wildman–Crippen MR) is 45.8 cm³/mol. The van der Waals surface area contributed by atoms with E-state index < -0.39 is 5.97 Å². The molecule has 12 heavy (non-hydrogen) atoms. The first kappa shape index (κ1) is 8.93. The fraction of sp³-hybridized carbons (Fsp3) is 0.250. The summed E-state index contributed by atoms with van der Waals surface area (Å²) in [4.78, 5) is 22.9. The summed E-state index contributed by atoms with van der Waals surface area (Å²) < 4.78 is 4.50. The van der Waals surface area contributed by atoms with E-state index in [1.54, 1.807) is 6.07 Å². The zero-order valence-corrected chi connectivity index (χ0v) is 7.60. The Kier molecular flexibility index (Phi) is 2.60. The number of methoxy groups -OCH3 is 1. The standard InChI is InChI=1S/C8H8O3S/c1-5-3-6(8(10)11-2)7(4-9)12-5/h3-4H,1-2H3. The average Bonchev–Trinajstić information content (AvgIpc) is 2.45. The molecule has 1 heterocycles. The fourth-order valence-electron chi connectivity index (χ4n) is 0.889. The van der Waals surface area contributed by atoms with Gasteiger partial charge >= 0.3 is 5.97 Å². The first-order chi connectivity index (χ1) is 5.69. The molecule has 0 N–H and O–H groups in total. The van der Waals surface area contributed by atoms with Gasteiger partial charge in [0.15, 0.2) is 6.29 Å². The predicted octanol–water partition coefficient (Wildman–Crippen LogP) is 1.66. The summed E-state index contributed by atoms with van der Waals surface area (Å²) in [5.74, 6) is -0.457.